The largest absolute Gasteiger partial charge is 0.481 e. The van der Waals surface area contributed by atoms with E-state index < -0.39 is 24.6 Å². The van der Waals surface area contributed by atoms with Gasteiger partial charge in [-0.25, -0.2) is 0 Å². The van der Waals surface area contributed by atoms with Crippen molar-refractivity contribution < 1.29 is 24.3 Å². The molecule has 0 rings (SSSR count). The van der Waals surface area contributed by atoms with Crippen molar-refractivity contribution in [3.05, 3.63) is 0 Å². The van der Waals surface area contributed by atoms with E-state index in [9.17, 15) is 24.3 Å². The second-order valence-electron chi connectivity index (χ2n) is 5.56. The molecule has 1 unspecified atom stereocenters. The first kappa shape index (κ1) is 19.6. The van der Waals surface area contributed by atoms with Crippen LogP contribution in [0.15, 0.2) is 0 Å². The fourth-order valence-corrected chi connectivity index (χ4v) is 4.45. The van der Waals surface area contributed by atoms with Crippen LogP contribution in [-0.2, 0) is 9.36 Å². The minimum absolute atomic E-state index is 0.254. The summed E-state index contributed by atoms with van der Waals surface area (Å²) in [5, 5.41) is 9.69. The molecule has 0 saturated carbocycles. The van der Waals surface area contributed by atoms with E-state index in [1.54, 1.807) is 0 Å². The molecule has 0 bridgehead atoms. The van der Waals surface area contributed by atoms with E-state index in [2.05, 4.69) is 0 Å². The van der Waals surface area contributed by atoms with Crippen molar-refractivity contribution in [2.75, 3.05) is 0 Å². The minimum Gasteiger partial charge on any atom is -0.481 e. The zero-order chi connectivity index (χ0) is 15.8. The van der Waals surface area contributed by atoms with Crippen LogP contribution in [0, 0.1) is 5.41 Å². The summed E-state index contributed by atoms with van der Waals surface area (Å²) in [5.74, 6) is -1.05. The second-order valence-corrected chi connectivity index (χ2v) is 7.36. The van der Waals surface area contributed by atoms with Crippen LogP contribution in [-0.4, -0.2) is 26.5 Å². The molecule has 0 aromatic carbocycles. The van der Waals surface area contributed by atoms with E-state index in [-0.39, 0.29) is 6.42 Å². The molecule has 0 aliphatic heterocycles. The van der Waals surface area contributed by atoms with E-state index in [0.717, 1.165) is 12.8 Å². The first-order valence-corrected chi connectivity index (χ1v) is 9.23. The topological polar surface area (TPSA) is 94.8 Å². The SMILES string of the molecule is CCCCC(CCCC)(C(=O)O)C(CCC)P(=O)(O)O. The predicted octanol–water partition coefficient (Wildman–Crippen LogP) is 3.78. The third-order valence-electron chi connectivity index (χ3n) is 3.98. The molecule has 0 fully saturated rings. The van der Waals surface area contributed by atoms with E-state index in [0.29, 0.717) is 32.1 Å². The van der Waals surface area contributed by atoms with Crippen molar-refractivity contribution >= 4 is 13.6 Å². The van der Waals surface area contributed by atoms with Gasteiger partial charge in [0.2, 0.25) is 0 Å². The van der Waals surface area contributed by atoms with E-state index in [1.165, 1.54) is 0 Å². The minimum atomic E-state index is -4.43. The molecule has 20 heavy (non-hydrogen) atoms. The number of unbranched alkanes of at least 4 members (excludes halogenated alkanes) is 2. The molecular weight excluding hydrogens is 279 g/mol. The van der Waals surface area contributed by atoms with Gasteiger partial charge in [-0.2, -0.15) is 0 Å². The zero-order valence-electron chi connectivity index (χ0n) is 12.8. The monoisotopic (exact) mass is 308 g/mol. The maximum atomic E-state index is 11.9. The second kappa shape index (κ2) is 8.81. The van der Waals surface area contributed by atoms with Gasteiger partial charge in [-0.05, 0) is 19.3 Å². The summed E-state index contributed by atoms with van der Waals surface area (Å²) in [5.41, 5.74) is -2.36. The summed E-state index contributed by atoms with van der Waals surface area (Å²) in [6, 6.07) is 0. The van der Waals surface area contributed by atoms with Gasteiger partial charge in [-0.1, -0.05) is 52.9 Å². The molecule has 120 valence electrons. The lowest BCUT2D eigenvalue weighted by Crippen LogP contribution is -2.42. The summed E-state index contributed by atoms with van der Waals surface area (Å²) in [6.07, 6.45) is 4.51. The third kappa shape index (κ3) is 5.19. The van der Waals surface area contributed by atoms with Crippen LogP contribution in [0.2, 0.25) is 0 Å². The lowest BCUT2D eigenvalue weighted by Gasteiger charge is -2.37. The molecule has 0 heterocycles. The van der Waals surface area contributed by atoms with Gasteiger partial charge in [0.1, 0.15) is 0 Å². The average Bonchev–Trinajstić information content (AvgIpc) is 2.35. The van der Waals surface area contributed by atoms with Crippen molar-refractivity contribution in [1.82, 2.24) is 0 Å². The van der Waals surface area contributed by atoms with Gasteiger partial charge in [-0.3, -0.25) is 9.36 Å². The number of hydrogen-bond acceptors (Lipinski definition) is 2. The van der Waals surface area contributed by atoms with Crippen molar-refractivity contribution in [3.63, 3.8) is 0 Å². The Morgan fingerprint density at radius 3 is 1.75 bits per heavy atom. The van der Waals surface area contributed by atoms with Crippen LogP contribution in [0.3, 0.4) is 0 Å². The highest BCUT2D eigenvalue weighted by Gasteiger charge is 2.51. The van der Waals surface area contributed by atoms with Crippen LogP contribution in [0.4, 0.5) is 0 Å². The molecule has 0 aliphatic rings. The summed E-state index contributed by atoms with van der Waals surface area (Å²) < 4.78 is 11.8. The van der Waals surface area contributed by atoms with Gasteiger partial charge in [0.15, 0.2) is 0 Å². The molecule has 6 heteroatoms. The van der Waals surface area contributed by atoms with Gasteiger partial charge in [0, 0.05) is 0 Å². The fraction of sp³-hybridized carbons (Fsp3) is 0.929. The standard InChI is InChI=1S/C14H29O5P/c1-4-7-10-14(13(15)16,11-8-5-2)12(9-6-3)20(17,18)19/h12H,4-11H2,1-3H3,(H,15,16)(H2,17,18,19). The zero-order valence-corrected chi connectivity index (χ0v) is 13.7. The first-order valence-electron chi connectivity index (χ1n) is 7.54. The van der Waals surface area contributed by atoms with Gasteiger partial charge in [0.25, 0.3) is 0 Å². The molecule has 0 spiro atoms. The number of rotatable bonds is 11. The first-order chi connectivity index (χ1) is 9.26. The van der Waals surface area contributed by atoms with Gasteiger partial charge in [0.05, 0.1) is 11.1 Å². The van der Waals surface area contributed by atoms with Crippen LogP contribution in [0.5, 0.6) is 0 Å². The Labute approximate surface area is 121 Å². The number of carboxylic acids is 1. The van der Waals surface area contributed by atoms with Crippen LogP contribution in [0.1, 0.15) is 72.1 Å². The molecule has 0 aliphatic carbocycles. The molecule has 0 aromatic heterocycles. The Morgan fingerprint density at radius 2 is 1.50 bits per heavy atom. The summed E-state index contributed by atoms with van der Waals surface area (Å²) >= 11 is 0. The van der Waals surface area contributed by atoms with Crippen molar-refractivity contribution in [2.24, 2.45) is 5.41 Å². The summed E-state index contributed by atoms with van der Waals surface area (Å²) in [7, 11) is -4.43. The van der Waals surface area contributed by atoms with Crippen LogP contribution < -0.4 is 0 Å². The van der Waals surface area contributed by atoms with E-state index in [4.69, 9.17) is 0 Å². The van der Waals surface area contributed by atoms with Crippen molar-refractivity contribution in [2.45, 2.75) is 77.8 Å². The molecule has 5 nitrogen and oxygen atoms in total. The highest BCUT2D eigenvalue weighted by Crippen LogP contribution is 2.55. The maximum absolute atomic E-state index is 11.9. The Morgan fingerprint density at radius 1 is 1.05 bits per heavy atom. The predicted molar refractivity (Wildman–Crippen MR) is 79.9 cm³/mol. The van der Waals surface area contributed by atoms with Crippen molar-refractivity contribution in [1.29, 1.82) is 0 Å². The molecular formula is C14H29O5P. The number of carboxylic acid groups (broad SMARTS) is 1. The summed E-state index contributed by atoms with van der Waals surface area (Å²) in [4.78, 5) is 31.1. The van der Waals surface area contributed by atoms with Gasteiger partial charge < -0.3 is 14.9 Å². The Balaban J connectivity index is 5.60. The molecule has 0 saturated heterocycles. The molecule has 1 atom stereocenters. The Hall–Kier alpha value is -0.380. The third-order valence-corrected chi connectivity index (χ3v) is 5.55. The van der Waals surface area contributed by atoms with Crippen molar-refractivity contribution in [3.8, 4) is 0 Å². The lowest BCUT2D eigenvalue weighted by atomic mass is 9.74. The van der Waals surface area contributed by atoms with E-state index >= 15 is 0 Å². The highest BCUT2D eigenvalue weighted by molar-refractivity contribution is 7.52. The Bertz CT molecular complexity index is 328. The molecule has 3 N–H and O–H groups in total. The fourth-order valence-electron chi connectivity index (χ4n) is 2.84. The Kier molecular flexibility index (Phi) is 8.64. The van der Waals surface area contributed by atoms with Gasteiger partial charge in [-0.15, -0.1) is 0 Å². The average molecular weight is 308 g/mol. The molecule has 0 amide bonds. The molecule has 0 aromatic rings. The van der Waals surface area contributed by atoms with Crippen LogP contribution >= 0.6 is 7.60 Å². The van der Waals surface area contributed by atoms with E-state index in [1.807, 2.05) is 20.8 Å². The normalized spacial score (nSPS) is 14.2. The smallest absolute Gasteiger partial charge is 0.329 e. The maximum Gasteiger partial charge on any atom is 0.329 e. The lowest BCUT2D eigenvalue weighted by molar-refractivity contribution is -0.150. The number of carbonyl (C=O) groups is 1. The summed E-state index contributed by atoms with van der Waals surface area (Å²) in [6.45, 7) is 5.74. The van der Waals surface area contributed by atoms with Gasteiger partial charge >= 0.3 is 13.6 Å². The highest BCUT2D eigenvalue weighted by atomic mass is 31.2. The molecule has 0 radical (unpaired) electrons. The van der Waals surface area contributed by atoms with Crippen LogP contribution in [0.25, 0.3) is 0 Å². The number of hydrogen-bond donors (Lipinski definition) is 3. The quantitative estimate of drug-likeness (QED) is 0.505. The number of aliphatic carboxylic acids is 1.